The van der Waals surface area contributed by atoms with Crippen LogP contribution < -0.4 is 5.32 Å². The average Bonchev–Trinajstić information content (AvgIpc) is 3.10. The van der Waals surface area contributed by atoms with Gasteiger partial charge in [0, 0.05) is 23.9 Å². The van der Waals surface area contributed by atoms with Crippen molar-refractivity contribution in [1.82, 2.24) is 15.5 Å². The van der Waals surface area contributed by atoms with E-state index >= 15 is 0 Å². The number of carbonyl (C=O) groups excluding carboxylic acids is 1. The third-order valence-corrected chi connectivity index (χ3v) is 6.74. The maximum Gasteiger partial charge on any atom is 0.226 e. The van der Waals surface area contributed by atoms with E-state index in [1.807, 2.05) is 30.3 Å². The molecule has 5 heteroatoms. The Balaban J connectivity index is 1.13. The summed E-state index contributed by atoms with van der Waals surface area (Å²) in [7, 11) is 0. The molecule has 2 aromatic rings. The first kappa shape index (κ1) is 17.0. The smallest absolute Gasteiger partial charge is 0.226 e. The summed E-state index contributed by atoms with van der Waals surface area (Å²) in [6.07, 6.45) is 9.73. The van der Waals surface area contributed by atoms with Crippen molar-refractivity contribution in [2.24, 2.45) is 17.8 Å². The van der Waals surface area contributed by atoms with Crippen LogP contribution in [-0.4, -0.2) is 21.6 Å². The second kappa shape index (κ2) is 6.77. The van der Waals surface area contributed by atoms with Gasteiger partial charge in [0.15, 0.2) is 0 Å². The summed E-state index contributed by atoms with van der Waals surface area (Å²) in [6.45, 7) is 0. The van der Waals surface area contributed by atoms with Gasteiger partial charge in [-0.2, -0.15) is 4.98 Å². The number of hydrogen-bond donors (Lipinski definition) is 1. The highest BCUT2D eigenvalue weighted by Crippen LogP contribution is 2.55. The minimum atomic E-state index is 0.108. The molecule has 1 heterocycles. The van der Waals surface area contributed by atoms with Crippen LogP contribution in [0, 0.1) is 17.8 Å². The van der Waals surface area contributed by atoms with Crippen molar-refractivity contribution in [3.05, 3.63) is 36.2 Å². The molecule has 1 amide bonds. The van der Waals surface area contributed by atoms with Crippen molar-refractivity contribution in [2.45, 2.75) is 63.3 Å². The lowest BCUT2D eigenvalue weighted by molar-refractivity contribution is -0.126. The van der Waals surface area contributed by atoms with Crippen LogP contribution >= 0.6 is 0 Å². The van der Waals surface area contributed by atoms with Gasteiger partial charge >= 0.3 is 0 Å². The molecule has 1 aromatic carbocycles. The van der Waals surface area contributed by atoms with Gasteiger partial charge in [-0.1, -0.05) is 35.5 Å². The van der Waals surface area contributed by atoms with E-state index in [4.69, 9.17) is 4.52 Å². The minimum Gasteiger partial charge on any atom is -0.351 e. The third-order valence-electron chi connectivity index (χ3n) is 6.74. The van der Waals surface area contributed by atoms with E-state index in [9.17, 15) is 4.79 Å². The molecule has 0 spiro atoms. The first-order chi connectivity index (χ1) is 13.2. The Hall–Kier alpha value is -2.17. The zero-order valence-electron chi connectivity index (χ0n) is 15.7. The van der Waals surface area contributed by atoms with Gasteiger partial charge in [0.1, 0.15) is 0 Å². The van der Waals surface area contributed by atoms with Crippen molar-refractivity contribution < 1.29 is 9.32 Å². The second-order valence-corrected chi connectivity index (χ2v) is 8.98. The second-order valence-electron chi connectivity index (χ2n) is 8.98. The summed E-state index contributed by atoms with van der Waals surface area (Å²) in [5.41, 5.74) is 1.06. The molecular formula is C22H27N3O2. The molecule has 5 nitrogen and oxygen atoms in total. The van der Waals surface area contributed by atoms with Gasteiger partial charge < -0.3 is 9.84 Å². The molecule has 1 aromatic heterocycles. The van der Waals surface area contributed by atoms with Gasteiger partial charge in [-0.25, -0.2) is 0 Å². The number of nitrogens with zero attached hydrogens (tertiary/aromatic N) is 2. The van der Waals surface area contributed by atoms with Crippen LogP contribution in [0.5, 0.6) is 0 Å². The Labute approximate surface area is 159 Å². The molecule has 4 saturated carbocycles. The molecule has 27 heavy (non-hydrogen) atoms. The van der Waals surface area contributed by atoms with E-state index in [0.29, 0.717) is 24.6 Å². The van der Waals surface area contributed by atoms with E-state index < -0.39 is 0 Å². The molecule has 4 aliphatic carbocycles. The van der Waals surface area contributed by atoms with Gasteiger partial charge in [0.05, 0.1) is 0 Å². The minimum absolute atomic E-state index is 0.108. The van der Waals surface area contributed by atoms with Crippen molar-refractivity contribution in [3.8, 4) is 11.4 Å². The number of aromatic nitrogens is 2. The van der Waals surface area contributed by atoms with E-state index in [1.165, 1.54) is 38.5 Å². The van der Waals surface area contributed by atoms with Crippen molar-refractivity contribution in [3.63, 3.8) is 0 Å². The predicted octanol–water partition coefficient (Wildman–Crippen LogP) is 4.14. The summed E-state index contributed by atoms with van der Waals surface area (Å²) < 4.78 is 5.34. The molecule has 4 fully saturated rings. The largest absolute Gasteiger partial charge is 0.351 e. The number of nitrogens with one attached hydrogen (secondary N) is 1. The van der Waals surface area contributed by atoms with Gasteiger partial charge in [-0.05, 0) is 62.7 Å². The van der Waals surface area contributed by atoms with Gasteiger partial charge in [0.25, 0.3) is 0 Å². The Morgan fingerprint density at radius 1 is 1.07 bits per heavy atom. The number of carbonyl (C=O) groups is 1. The van der Waals surface area contributed by atoms with E-state index in [1.54, 1.807) is 0 Å². The summed E-state index contributed by atoms with van der Waals surface area (Å²) in [5.74, 6) is 3.98. The summed E-state index contributed by atoms with van der Waals surface area (Å²) in [6, 6.07) is 9.81. The molecule has 0 aliphatic heterocycles. The third kappa shape index (κ3) is 3.52. The average molecular weight is 365 g/mol. The SMILES string of the molecule is O=C(CCCc1nc(-c2ccccc2)no1)NC12CC3CC(CC(C3)C1)C2. The fourth-order valence-corrected chi connectivity index (χ4v) is 6.08. The fourth-order valence-electron chi connectivity index (χ4n) is 6.08. The monoisotopic (exact) mass is 365 g/mol. The normalized spacial score (nSPS) is 31.2. The van der Waals surface area contributed by atoms with Crippen molar-refractivity contribution in [1.29, 1.82) is 0 Å². The maximum atomic E-state index is 12.6. The molecule has 1 N–H and O–H groups in total. The van der Waals surface area contributed by atoms with Crippen molar-refractivity contribution >= 4 is 5.91 Å². The topological polar surface area (TPSA) is 68.0 Å². The van der Waals surface area contributed by atoms with Crippen LogP contribution in [0.3, 0.4) is 0 Å². The van der Waals surface area contributed by atoms with E-state index in [2.05, 4.69) is 15.5 Å². The lowest BCUT2D eigenvalue weighted by atomic mass is 9.53. The quantitative estimate of drug-likeness (QED) is 0.835. The van der Waals surface area contributed by atoms with Gasteiger partial charge in [-0.15, -0.1) is 0 Å². The molecule has 4 bridgehead atoms. The van der Waals surface area contributed by atoms with Crippen LogP contribution in [0.15, 0.2) is 34.9 Å². The molecular weight excluding hydrogens is 338 g/mol. The zero-order valence-corrected chi connectivity index (χ0v) is 15.7. The van der Waals surface area contributed by atoms with Crippen LogP contribution in [0.2, 0.25) is 0 Å². The molecule has 4 aliphatic rings. The number of aryl methyl sites for hydroxylation is 1. The molecule has 0 radical (unpaired) electrons. The standard InChI is InChI=1S/C22H27N3O2/c26-19(24-22-12-15-9-16(13-22)11-17(10-15)14-22)7-4-8-20-23-21(25-27-20)18-5-2-1-3-6-18/h1-3,5-6,15-17H,4,7-14H2,(H,24,26). The van der Waals surface area contributed by atoms with Crippen LogP contribution in [0.1, 0.15) is 57.3 Å². The lowest BCUT2D eigenvalue weighted by Crippen LogP contribution is -2.59. The van der Waals surface area contributed by atoms with Gasteiger partial charge in [-0.3, -0.25) is 4.79 Å². The van der Waals surface area contributed by atoms with Crippen LogP contribution in [0.25, 0.3) is 11.4 Å². The van der Waals surface area contributed by atoms with E-state index in [0.717, 1.165) is 29.7 Å². The summed E-state index contributed by atoms with van der Waals surface area (Å²) in [4.78, 5) is 17.0. The Morgan fingerprint density at radius 2 is 1.74 bits per heavy atom. The Bertz CT molecular complexity index is 779. The first-order valence-corrected chi connectivity index (χ1v) is 10.4. The Morgan fingerprint density at radius 3 is 2.41 bits per heavy atom. The molecule has 0 atom stereocenters. The van der Waals surface area contributed by atoms with Crippen LogP contribution in [-0.2, 0) is 11.2 Å². The maximum absolute atomic E-state index is 12.6. The highest BCUT2D eigenvalue weighted by molar-refractivity contribution is 5.76. The van der Waals surface area contributed by atoms with Crippen molar-refractivity contribution in [2.75, 3.05) is 0 Å². The number of hydrogen-bond acceptors (Lipinski definition) is 4. The van der Waals surface area contributed by atoms with E-state index in [-0.39, 0.29) is 11.4 Å². The highest BCUT2D eigenvalue weighted by Gasteiger charge is 2.51. The molecule has 0 saturated heterocycles. The number of benzene rings is 1. The molecule has 6 rings (SSSR count). The molecule has 0 unspecified atom stereocenters. The fraction of sp³-hybridized carbons (Fsp3) is 0.591. The van der Waals surface area contributed by atoms with Crippen LogP contribution in [0.4, 0.5) is 0 Å². The molecule has 142 valence electrons. The number of amides is 1. The summed E-state index contributed by atoms with van der Waals surface area (Å²) in [5, 5.41) is 7.48. The number of rotatable bonds is 6. The highest BCUT2D eigenvalue weighted by atomic mass is 16.5. The first-order valence-electron chi connectivity index (χ1n) is 10.4. The van der Waals surface area contributed by atoms with Gasteiger partial charge in [0.2, 0.25) is 17.6 Å². The predicted molar refractivity (Wildman–Crippen MR) is 102 cm³/mol. The Kier molecular flexibility index (Phi) is 4.25. The lowest BCUT2D eigenvalue weighted by Gasteiger charge is -2.56. The summed E-state index contributed by atoms with van der Waals surface area (Å²) >= 11 is 0. The zero-order chi connectivity index (χ0) is 18.3.